The second-order valence-corrected chi connectivity index (χ2v) is 14.1. The number of halogens is 2. The van der Waals surface area contributed by atoms with Gasteiger partial charge in [0.05, 0.1) is 17.7 Å². The molecule has 3 rings (SSSR count). The van der Waals surface area contributed by atoms with Crippen molar-refractivity contribution in [3.05, 3.63) is 87.4 Å². The van der Waals surface area contributed by atoms with Crippen molar-refractivity contribution < 1.29 is 22.7 Å². The maximum atomic E-state index is 14.3. The van der Waals surface area contributed by atoms with Gasteiger partial charge < -0.3 is 15.0 Å². The van der Waals surface area contributed by atoms with Gasteiger partial charge in [0.15, 0.2) is 0 Å². The molecule has 0 saturated heterocycles. The Kier molecular flexibility index (Phi) is 11.2. The zero-order valence-corrected chi connectivity index (χ0v) is 27.9. The first kappa shape index (κ1) is 34.2. The van der Waals surface area contributed by atoms with E-state index >= 15 is 0 Å². The summed E-state index contributed by atoms with van der Waals surface area (Å²) in [4.78, 5) is 29.2. The number of benzene rings is 3. The normalized spacial score (nSPS) is 12.4. The van der Waals surface area contributed by atoms with E-state index in [0.29, 0.717) is 15.6 Å². The third-order valence-corrected chi connectivity index (χ3v) is 9.09. The van der Waals surface area contributed by atoms with Crippen LogP contribution in [-0.4, -0.2) is 50.4 Å². The summed E-state index contributed by atoms with van der Waals surface area (Å²) in [7, 11) is -2.82. The highest BCUT2D eigenvalue weighted by Crippen LogP contribution is 2.34. The number of hydrogen-bond donors (Lipinski definition) is 1. The summed E-state index contributed by atoms with van der Waals surface area (Å²) in [5, 5.41) is 3.69. The fourth-order valence-corrected chi connectivity index (χ4v) is 6.44. The topological polar surface area (TPSA) is 96.0 Å². The fraction of sp³-hybridized carbons (Fsp3) is 0.375. The Bertz CT molecular complexity index is 1570. The SMILES string of the molecule is CCC(C(=O)NC(C)(C)C)N(Cc1ccc(Cl)cc1Cl)C(=O)CN(c1cc(C)ccc1OC)S(=O)(=O)c1ccc(C)cc1. The highest BCUT2D eigenvalue weighted by atomic mass is 35.5. The summed E-state index contributed by atoms with van der Waals surface area (Å²) < 4.78 is 34.9. The molecule has 0 aliphatic heterocycles. The van der Waals surface area contributed by atoms with Crippen LogP contribution in [0.4, 0.5) is 5.69 Å². The van der Waals surface area contributed by atoms with Crippen molar-refractivity contribution >= 4 is 50.7 Å². The Balaban J connectivity index is 2.17. The van der Waals surface area contributed by atoms with Gasteiger partial charge in [0, 0.05) is 22.1 Å². The molecule has 0 radical (unpaired) electrons. The van der Waals surface area contributed by atoms with Crippen molar-refractivity contribution in [2.24, 2.45) is 0 Å². The van der Waals surface area contributed by atoms with Crippen LogP contribution in [0.2, 0.25) is 10.0 Å². The van der Waals surface area contributed by atoms with Gasteiger partial charge in [-0.15, -0.1) is 0 Å². The van der Waals surface area contributed by atoms with E-state index < -0.39 is 34.1 Å². The van der Waals surface area contributed by atoms with Crippen LogP contribution < -0.4 is 14.4 Å². The van der Waals surface area contributed by atoms with Crippen molar-refractivity contribution in [3.8, 4) is 5.75 Å². The molecule has 0 aromatic heterocycles. The average Bonchev–Trinajstić information content (AvgIpc) is 2.91. The minimum absolute atomic E-state index is 0.0132. The van der Waals surface area contributed by atoms with Crippen molar-refractivity contribution in [1.29, 1.82) is 0 Å². The van der Waals surface area contributed by atoms with Crippen molar-refractivity contribution in [3.63, 3.8) is 0 Å². The minimum atomic E-state index is -4.26. The Hall–Kier alpha value is -3.27. The summed E-state index contributed by atoms with van der Waals surface area (Å²) in [5.74, 6) is -0.686. The minimum Gasteiger partial charge on any atom is -0.495 e. The van der Waals surface area contributed by atoms with E-state index in [9.17, 15) is 18.0 Å². The largest absolute Gasteiger partial charge is 0.495 e. The maximum absolute atomic E-state index is 14.3. The van der Waals surface area contributed by atoms with Gasteiger partial charge >= 0.3 is 0 Å². The molecule has 0 saturated carbocycles. The van der Waals surface area contributed by atoms with Crippen LogP contribution in [-0.2, 0) is 26.2 Å². The predicted octanol–water partition coefficient (Wildman–Crippen LogP) is 6.54. The second-order valence-electron chi connectivity index (χ2n) is 11.4. The van der Waals surface area contributed by atoms with Crippen molar-refractivity contribution in [1.82, 2.24) is 10.2 Å². The van der Waals surface area contributed by atoms with Crippen LogP contribution in [0.15, 0.2) is 65.6 Å². The highest BCUT2D eigenvalue weighted by Gasteiger charge is 2.35. The summed E-state index contributed by atoms with van der Waals surface area (Å²) >= 11 is 12.6. The first-order valence-electron chi connectivity index (χ1n) is 13.9. The molecule has 0 spiro atoms. The lowest BCUT2D eigenvalue weighted by atomic mass is 10.1. The van der Waals surface area contributed by atoms with E-state index in [-0.39, 0.29) is 35.2 Å². The molecule has 11 heteroatoms. The molecule has 3 aromatic carbocycles. The number of amides is 2. The fourth-order valence-electron chi connectivity index (χ4n) is 4.55. The number of carbonyl (C=O) groups is 2. The van der Waals surface area contributed by atoms with E-state index in [2.05, 4.69) is 5.32 Å². The van der Waals surface area contributed by atoms with E-state index in [1.165, 1.54) is 24.1 Å². The number of carbonyl (C=O) groups excluding carboxylic acids is 2. The molecule has 1 atom stereocenters. The molecular weight excluding hydrogens is 609 g/mol. The zero-order valence-electron chi connectivity index (χ0n) is 25.6. The molecule has 0 bridgehead atoms. The van der Waals surface area contributed by atoms with Gasteiger partial charge in [-0.25, -0.2) is 8.42 Å². The van der Waals surface area contributed by atoms with Crippen LogP contribution in [0.25, 0.3) is 0 Å². The van der Waals surface area contributed by atoms with Gasteiger partial charge in [-0.05, 0) is 88.6 Å². The van der Waals surface area contributed by atoms with Crippen LogP contribution in [0.3, 0.4) is 0 Å². The number of nitrogens with one attached hydrogen (secondary N) is 1. The lowest BCUT2D eigenvalue weighted by molar-refractivity contribution is -0.141. The second kappa shape index (κ2) is 14.0. The monoisotopic (exact) mass is 647 g/mol. The van der Waals surface area contributed by atoms with Crippen LogP contribution in [0, 0.1) is 13.8 Å². The Labute approximate surface area is 265 Å². The Morgan fingerprint density at radius 3 is 2.14 bits per heavy atom. The van der Waals surface area contributed by atoms with Gasteiger partial charge in [0.2, 0.25) is 11.8 Å². The molecule has 0 aliphatic rings. The molecule has 0 heterocycles. The van der Waals surface area contributed by atoms with Gasteiger partial charge in [-0.1, -0.05) is 60.0 Å². The summed E-state index contributed by atoms with van der Waals surface area (Å²) in [6, 6.07) is 15.5. The van der Waals surface area contributed by atoms with E-state index in [4.69, 9.17) is 27.9 Å². The summed E-state index contributed by atoms with van der Waals surface area (Å²) in [6.45, 7) is 10.4. The third kappa shape index (κ3) is 8.65. The van der Waals surface area contributed by atoms with Gasteiger partial charge in [-0.3, -0.25) is 13.9 Å². The quantitative estimate of drug-likeness (QED) is 0.255. The first-order chi connectivity index (χ1) is 20.1. The third-order valence-electron chi connectivity index (χ3n) is 6.73. The van der Waals surface area contributed by atoms with E-state index in [1.54, 1.807) is 55.5 Å². The molecule has 43 heavy (non-hydrogen) atoms. The molecule has 1 N–H and O–H groups in total. The van der Waals surface area contributed by atoms with Crippen LogP contribution in [0.5, 0.6) is 5.75 Å². The lowest BCUT2D eigenvalue weighted by Crippen LogP contribution is -2.55. The molecule has 0 fully saturated rings. The highest BCUT2D eigenvalue weighted by molar-refractivity contribution is 7.92. The average molecular weight is 649 g/mol. The number of anilines is 1. The van der Waals surface area contributed by atoms with Gasteiger partial charge in [-0.2, -0.15) is 0 Å². The molecule has 8 nitrogen and oxygen atoms in total. The van der Waals surface area contributed by atoms with Crippen molar-refractivity contribution in [2.75, 3.05) is 18.0 Å². The molecule has 2 amide bonds. The number of aryl methyl sites for hydroxylation is 2. The number of sulfonamides is 1. The number of hydrogen-bond acceptors (Lipinski definition) is 5. The molecule has 232 valence electrons. The number of rotatable bonds is 11. The van der Waals surface area contributed by atoms with E-state index in [0.717, 1.165) is 15.4 Å². The zero-order chi connectivity index (χ0) is 32.1. The first-order valence-corrected chi connectivity index (χ1v) is 16.1. The summed E-state index contributed by atoms with van der Waals surface area (Å²) in [5.41, 5.74) is 1.85. The molecule has 3 aromatic rings. The Morgan fingerprint density at radius 2 is 1.58 bits per heavy atom. The number of ether oxygens (including phenoxy) is 1. The van der Waals surface area contributed by atoms with Crippen molar-refractivity contribution in [2.45, 2.75) is 71.0 Å². The predicted molar refractivity (Wildman–Crippen MR) is 172 cm³/mol. The number of methoxy groups -OCH3 is 1. The van der Waals surface area contributed by atoms with Crippen LogP contribution >= 0.6 is 23.2 Å². The van der Waals surface area contributed by atoms with Crippen LogP contribution in [0.1, 0.15) is 50.8 Å². The standard InChI is InChI=1S/C32H39Cl2N3O5S/c1-8-27(31(39)35-32(4,5)6)36(19-23-12-13-24(33)18-26(23)34)30(38)20-37(28-17-22(3)11-16-29(28)42-7)43(40,41)25-14-9-21(2)10-15-25/h9-18,27H,8,19-20H2,1-7H3,(H,35,39). The van der Waals surface area contributed by atoms with E-state index in [1.807, 2.05) is 34.6 Å². The van der Waals surface area contributed by atoms with Gasteiger partial charge in [0.1, 0.15) is 18.3 Å². The lowest BCUT2D eigenvalue weighted by Gasteiger charge is -2.35. The Morgan fingerprint density at radius 1 is 0.953 bits per heavy atom. The molecule has 1 unspecified atom stereocenters. The number of nitrogens with zero attached hydrogens (tertiary/aromatic N) is 2. The summed E-state index contributed by atoms with van der Waals surface area (Å²) in [6.07, 6.45) is 0.275. The molecule has 0 aliphatic carbocycles. The molecular formula is C32H39Cl2N3O5S. The van der Waals surface area contributed by atoms with Gasteiger partial charge in [0.25, 0.3) is 10.0 Å². The maximum Gasteiger partial charge on any atom is 0.264 e. The smallest absolute Gasteiger partial charge is 0.264 e.